The van der Waals surface area contributed by atoms with E-state index in [1.807, 2.05) is 11.7 Å². The molecule has 1 heterocycles. The van der Waals surface area contributed by atoms with Crippen LogP contribution in [0.15, 0.2) is 30.3 Å². The lowest BCUT2D eigenvalue weighted by molar-refractivity contribution is 0.706. The van der Waals surface area contributed by atoms with Crippen LogP contribution in [0.1, 0.15) is 30.8 Å². The fraction of sp³-hybridized carbons (Fsp3) is 0.400. The molecule has 0 bridgehead atoms. The average molecular weight is 243 g/mol. The number of aryl methyl sites for hydroxylation is 3. The van der Waals surface area contributed by atoms with Gasteiger partial charge in [-0.1, -0.05) is 32.0 Å². The van der Waals surface area contributed by atoms with Crippen molar-refractivity contribution in [1.82, 2.24) is 9.78 Å². The Morgan fingerprint density at radius 3 is 2.61 bits per heavy atom. The Hall–Kier alpha value is -1.77. The van der Waals surface area contributed by atoms with E-state index in [-0.39, 0.29) is 0 Å². The van der Waals surface area contributed by atoms with E-state index >= 15 is 0 Å². The van der Waals surface area contributed by atoms with Gasteiger partial charge >= 0.3 is 0 Å². The van der Waals surface area contributed by atoms with Crippen molar-refractivity contribution >= 4 is 5.69 Å². The predicted molar refractivity (Wildman–Crippen MR) is 75.7 cm³/mol. The van der Waals surface area contributed by atoms with Gasteiger partial charge in [0.1, 0.15) is 0 Å². The van der Waals surface area contributed by atoms with E-state index in [1.165, 1.54) is 16.9 Å². The summed E-state index contributed by atoms with van der Waals surface area (Å²) >= 11 is 0. The van der Waals surface area contributed by atoms with E-state index in [9.17, 15) is 0 Å². The molecule has 2 rings (SSSR count). The summed E-state index contributed by atoms with van der Waals surface area (Å²) in [6.07, 6.45) is 2.04. The van der Waals surface area contributed by atoms with Gasteiger partial charge in [0.25, 0.3) is 0 Å². The minimum atomic E-state index is 0.820. The van der Waals surface area contributed by atoms with Gasteiger partial charge in [0.2, 0.25) is 0 Å². The number of hydrogen-bond acceptors (Lipinski definition) is 2. The zero-order valence-electron chi connectivity index (χ0n) is 11.4. The van der Waals surface area contributed by atoms with Crippen LogP contribution in [-0.2, 0) is 26.4 Å². The molecule has 0 amide bonds. The second-order valence-electron chi connectivity index (χ2n) is 4.47. The maximum absolute atomic E-state index is 4.46. The fourth-order valence-corrected chi connectivity index (χ4v) is 2.10. The molecule has 0 aliphatic rings. The number of anilines is 1. The van der Waals surface area contributed by atoms with Crippen molar-refractivity contribution < 1.29 is 0 Å². The highest BCUT2D eigenvalue weighted by molar-refractivity contribution is 5.51. The van der Waals surface area contributed by atoms with Gasteiger partial charge in [-0.05, 0) is 30.5 Å². The van der Waals surface area contributed by atoms with Crippen molar-refractivity contribution in [2.75, 3.05) is 5.32 Å². The van der Waals surface area contributed by atoms with Crippen molar-refractivity contribution in [3.63, 3.8) is 0 Å². The van der Waals surface area contributed by atoms with Gasteiger partial charge in [-0.15, -0.1) is 0 Å². The Bertz CT molecular complexity index is 514. The molecule has 96 valence electrons. The first-order chi connectivity index (χ1) is 8.74. The molecule has 18 heavy (non-hydrogen) atoms. The number of hydrogen-bond donors (Lipinski definition) is 1. The van der Waals surface area contributed by atoms with E-state index < -0.39 is 0 Å². The van der Waals surface area contributed by atoms with Crippen molar-refractivity contribution in [3.8, 4) is 0 Å². The van der Waals surface area contributed by atoms with E-state index in [4.69, 9.17) is 0 Å². The lowest BCUT2D eigenvalue weighted by atomic mass is 10.1. The summed E-state index contributed by atoms with van der Waals surface area (Å²) in [5.74, 6) is 0. The van der Waals surface area contributed by atoms with E-state index in [0.29, 0.717) is 0 Å². The summed E-state index contributed by atoms with van der Waals surface area (Å²) in [4.78, 5) is 0. The molecule has 1 N–H and O–H groups in total. The molecule has 0 aliphatic carbocycles. The lowest BCUT2D eigenvalue weighted by Gasteiger charge is -2.10. The molecule has 2 aromatic rings. The molecule has 3 heteroatoms. The highest BCUT2D eigenvalue weighted by Crippen LogP contribution is 2.16. The first-order valence-electron chi connectivity index (χ1n) is 6.58. The van der Waals surface area contributed by atoms with E-state index in [2.05, 4.69) is 54.6 Å². The molecule has 1 aromatic carbocycles. The summed E-state index contributed by atoms with van der Waals surface area (Å²) in [6.45, 7) is 5.13. The van der Waals surface area contributed by atoms with Crippen LogP contribution in [-0.4, -0.2) is 9.78 Å². The molecule has 0 unspecified atom stereocenters. The zero-order valence-corrected chi connectivity index (χ0v) is 11.4. The third kappa shape index (κ3) is 2.73. The number of para-hydroxylation sites is 1. The Balaban J connectivity index is 2.08. The SMILES string of the molecule is CCc1cc(CNc2ccccc2CC)n(C)n1. The minimum Gasteiger partial charge on any atom is -0.379 e. The Morgan fingerprint density at radius 2 is 1.94 bits per heavy atom. The minimum absolute atomic E-state index is 0.820. The van der Waals surface area contributed by atoms with Gasteiger partial charge in [0, 0.05) is 12.7 Å². The number of benzene rings is 1. The van der Waals surface area contributed by atoms with Gasteiger partial charge in [-0.25, -0.2) is 0 Å². The largest absolute Gasteiger partial charge is 0.379 e. The number of aromatic nitrogens is 2. The molecule has 0 aliphatic heterocycles. The molecule has 0 radical (unpaired) electrons. The first-order valence-corrected chi connectivity index (χ1v) is 6.58. The molecule has 0 saturated heterocycles. The average Bonchev–Trinajstić information content (AvgIpc) is 2.77. The number of rotatable bonds is 5. The quantitative estimate of drug-likeness (QED) is 0.874. The molecule has 0 saturated carbocycles. The molecular weight excluding hydrogens is 222 g/mol. The third-order valence-corrected chi connectivity index (χ3v) is 3.25. The molecule has 1 aromatic heterocycles. The molecule has 3 nitrogen and oxygen atoms in total. The Kier molecular flexibility index (Phi) is 4.03. The van der Waals surface area contributed by atoms with Gasteiger partial charge in [0.05, 0.1) is 17.9 Å². The summed E-state index contributed by atoms with van der Waals surface area (Å²) in [5, 5.41) is 7.96. The van der Waals surface area contributed by atoms with Crippen LogP contribution in [0.25, 0.3) is 0 Å². The van der Waals surface area contributed by atoms with Gasteiger partial charge in [-0.3, -0.25) is 4.68 Å². The Labute approximate surface area is 109 Å². The number of nitrogens with one attached hydrogen (secondary N) is 1. The first kappa shape index (κ1) is 12.7. The molecule has 0 atom stereocenters. The van der Waals surface area contributed by atoms with Crippen molar-refractivity contribution in [1.29, 1.82) is 0 Å². The maximum atomic E-state index is 4.46. The summed E-state index contributed by atoms with van der Waals surface area (Å²) in [6, 6.07) is 10.6. The number of nitrogens with zero attached hydrogens (tertiary/aromatic N) is 2. The van der Waals surface area contributed by atoms with Gasteiger partial charge in [0.15, 0.2) is 0 Å². The normalized spacial score (nSPS) is 10.6. The van der Waals surface area contributed by atoms with Crippen LogP contribution in [0.2, 0.25) is 0 Å². The van der Waals surface area contributed by atoms with Gasteiger partial charge in [-0.2, -0.15) is 5.10 Å². The standard InChI is InChI=1S/C15H21N3/c1-4-12-8-6-7-9-15(12)16-11-14-10-13(5-2)17-18(14)3/h6-10,16H,4-5,11H2,1-3H3. The topological polar surface area (TPSA) is 29.9 Å². The van der Waals surface area contributed by atoms with E-state index in [1.54, 1.807) is 0 Å². The van der Waals surface area contributed by atoms with Crippen LogP contribution in [0.4, 0.5) is 5.69 Å². The second kappa shape index (κ2) is 5.71. The lowest BCUT2D eigenvalue weighted by Crippen LogP contribution is -2.06. The highest BCUT2D eigenvalue weighted by Gasteiger charge is 2.04. The maximum Gasteiger partial charge on any atom is 0.0625 e. The third-order valence-electron chi connectivity index (χ3n) is 3.25. The summed E-state index contributed by atoms with van der Waals surface area (Å²) < 4.78 is 1.96. The van der Waals surface area contributed by atoms with E-state index in [0.717, 1.165) is 25.1 Å². The Morgan fingerprint density at radius 1 is 1.17 bits per heavy atom. The van der Waals surface area contributed by atoms with Gasteiger partial charge < -0.3 is 5.32 Å². The molecular formula is C15H21N3. The smallest absolute Gasteiger partial charge is 0.0625 e. The van der Waals surface area contributed by atoms with Crippen LogP contribution in [0.5, 0.6) is 0 Å². The monoisotopic (exact) mass is 243 g/mol. The second-order valence-corrected chi connectivity index (χ2v) is 4.47. The van der Waals surface area contributed by atoms with Crippen LogP contribution >= 0.6 is 0 Å². The highest BCUT2D eigenvalue weighted by atomic mass is 15.3. The van der Waals surface area contributed by atoms with Crippen molar-refractivity contribution in [2.45, 2.75) is 33.2 Å². The van der Waals surface area contributed by atoms with Crippen molar-refractivity contribution in [2.24, 2.45) is 7.05 Å². The zero-order chi connectivity index (χ0) is 13.0. The van der Waals surface area contributed by atoms with Crippen LogP contribution < -0.4 is 5.32 Å². The van der Waals surface area contributed by atoms with Crippen molar-refractivity contribution in [3.05, 3.63) is 47.3 Å². The predicted octanol–water partition coefficient (Wildman–Crippen LogP) is 3.16. The molecule has 0 spiro atoms. The fourth-order valence-electron chi connectivity index (χ4n) is 2.10. The molecule has 0 fully saturated rings. The van der Waals surface area contributed by atoms with Crippen LogP contribution in [0, 0.1) is 0 Å². The summed E-state index contributed by atoms with van der Waals surface area (Å²) in [7, 11) is 2.00. The van der Waals surface area contributed by atoms with Crippen LogP contribution in [0.3, 0.4) is 0 Å². The summed E-state index contributed by atoms with van der Waals surface area (Å²) in [5.41, 5.74) is 4.95.